The van der Waals surface area contributed by atoms with Gasteiger partial charge in [-0.1, -0.05) is 0 Å². The van der Waals surface area contributed by atoms with Gasteiger partial charge in [0.05, 0.1) is 32.3 Å². The molecule has 5 nitrogen and oxygen atoms in total. The summed E-state index contributed by atoms with van der Waals surface area (Å²) in [7, 11) is 0. The maximum atomic E-state index is 12.1. The highest BCUT2D eigenvalue weighted by Gasteiger charge is 2.26. The second kappa shape index (κ2) is 5.33. The van der Waals surface area contributed by atoms with Crippen molar-refractivity contribution in [2.75, 3.05) is 26.4 Å². The van der Waals surface area contributed by atoms with Crippen LogP contribution in [-0.2, 0) is 16.0 Å². The van der Waals surface area contributed by atoms with E-state index in [4.69, 9.17) is 4.74 Å². The first-order valence-electron chi connectivity index (χ1n) is 5.82. The Labute approximate surface area is 100 Å². The predicted molar refractivity (Wildman–Crippen MR) is 62.6 cm³/mol. The molecule has 1 atom stereocenters. The second-order valence-corrected chi connectivity index (χ2v) is 4.37. The van der Waals surface area contributed by atoms with Gasteiger partial charge >= 0.3 is 0 Å². The van der Waals surface area contributed by atoms with Gasteiger partial charge in [-0.2, -0.15) is 0 Å². The SMILES string of the molecule is Cc1cc(CC(=O)N2CCOCC2CO)c[nH]1. The number of morpholine rings is 1. The fraction of sp³-hybridized carbons (Fsp3) is 0.583. The number of carbonyl (C=O) groups is 1. The number of hydrogen-bond donors (Lipinski definition) is 2. The largest absolute Gasteiger partial charge is 0.394 e. The summed E-state index contributed by atoms with van der Waals surface area (Å²) >= 11 is 0. The van der Waals surface area contributed by atoms with Gasteiger partial charge in [0, 0.05) is 18.4 Å². The lowest BCUT2D eigenvalue weighted by Gasteiger charge is -2.34. The lowest BCUT2D eigenvalue weighted by molar-refractivity contribution is -0.140. The molecule has 1 aliphatic rings. The molecule has 0 bridgehead atoms. The Balaban J connectivity index is 1.98. The van der Waals surface area contributed by atoms with Gasteiger partial charge in [-0.25, -0.2) is 0 Å². The Kier molecular flexibility index (Phi) is 3.81. The molecule has 1 fully saturated rings. The highest BCUT2D eigenvalue weighted by Crippen LogP contribution is 2.11. The Morgan fingerprint density at radius 3 is 3.18 bits per heavy atom. The Hall–Kier alpha value is -1.33. The summed E-state index contributed by atoms with van der Waals surface area (Å²) in [6.45, 7) is 3.45. The van der Waals surface area contributed by atoms with Crippen molar-refractivity contribution in [2.24, 2.45) is 0 Å². The summed E-state index contributed by atoms with van der Waals surface area (Å²) in [4.78, 5) is 16.9. The van der Waals surface area contributed by atoms with Crippen molar-refractivity contribution < 1.29 is 14.6 Å². The number of aliphatic hydroxyl groups excluding tert-OH is 1. The molecule has 1 aromatic rings. The minimum Gasteiger partial charge on any atom is -0.394 e. The van der Waals surface area contributed by atoms with Gasteiger partial charge in [0.2, 0.25) is 5.91 Å². The van der Waals surface area contributed by atoms with E-state index in [1.807, 2.05) is 19.2 Å². The molecule has 0 radical (unpaired) electrons. The molecule has 1 aromatic heterocycles. The normalized spacial score (nSPS) is 20.6. The fourth-order valence-corrected chi connectivity index (χ4v) is 2.08. The first-order valence-corrected chi connectivity index (χ1v) is 5.82. The number of aromatic nitrogens is 1. The lowest BCUT2D eigenvalue weighted by Crippen LogP contribution is -2.50. The zero-order valence-corrected chi connectivity index (χ0v) is 9.98. The Morgan fingerprint density at radius 1 is 1.71 bits per heavy atom. The van der Waals surface area contributed by atoms with Crippen LogP contribution in [0.5, 0.6) is 0 Å². The van der Waals surface area contributed by atoms with Crippen molar-refractivity contribution in [2.45, 2.75) is 19.4 Å². The summed E-state index contributed by atoms with van der Waals surface area (Å²) in [5.41, 5.74) is 2.03. The number of aliphatic hydroxyl groups is 1. The number of nitrogens with one attached hydrogen (secondary N) is 1. The first kappa shape index (κ1) is 12.1. The number of nitrogens with zero attached hydrogens (tertiary/aromatic N) is 1. The van der Waals surface area contributed by atoms with Gasteiger partial charge in [-0.05, 0) is 18.6 Å². The van der Waals surface area contributed by atoms with Gasteiger partial charge in [0.1, 0.15) is 0 Å². The topological polar surface area (TPSA) is 65.6 Å². The van der Waals surface area contributed by atoms with Crippen LogP contribution < -0.4 is 0 Å². The third kappa shape index (κ3) is 2.87. The third-order valence-electron chi connectivity index (χ3n) is 3.00. The second-order valence-electron chi connectivity index (χ2n) is 4.37. The summed E-state index contributed by atoms with van der Waals surface area (Å²) in [6.07, 6.45) is 2.22. The van der Waals surface area contributed by atoms with Crippen LogP contribution in [-0.4, -0.2) is 53.3 Å². The molecule has 0 aromatic carbocycles. The summed E-state index contributed by atoms with van der Waals surface area (Å²) in [5.74, 6) is 0.0475. The zero-order chi connectivity index (χ0) is 12.3. The molecule has 1 amide bonds. The molecule has 17 heavy (non-hydrogen) atoms. The van der Waals surface area contributed by atoms with Crippen LogP contribution in [0.4, 0.5) is 0 Å². The number of amides is 1. The van der Waals surface area contributed by atoms with Crippen LogP contribution in [0.1, 0.15) is 11.3 Å². The van der Waals surface area contributed by atoms with Gasteiger partial charge < -0.3 is 19.7 Å². The number of ether oxygens (including phenoxy) is 1. The van der Waals surface area contributed by atoms with E-state index in [0.717, 1.165) is 11.3 Å². The minimum absolute atomic E-state index is 0.0437. The predicted octanol–water partition coefficient (Wildman–Crippen LogP) is 0.0853. The van der Waals surface area contributed by atoms with Crippen LogP contribution >= 0.6 is 0 Å². The summed E-state index contributed by atoms with van der Waals surface area (Å²) in [5, 5.41) is 9.20. The highest BCUT2D eigenvalue weighted by molar-refractivity contribution is 5.79. The van der Waals surface area contributed by atoms with Gasteiger partial charge in [-0.15, -0.1) is 0 Å². The number of aryl methyl sites for hydroxylation is 1. The van der Waals surface area contributed by atoms with Crippen LogP contribution in [0, 0.1) is 6.92 Å². The van der Waals surface area contributed by atoms with E-state index < -0.39 is 0 Å². The van der Waals surface area contributed by atoms with E-state index in [2.05, 4.69) is 4.98 Å². The number of carbonyl (C=O) groups excluding carboxylic acids is 1. The van der Waals surface area contributed by atoms with E-state index >= 15 is 0 Å². The van der Waals surface area contributed by atoms with Gasteiger partial charge in [0.25, 0.3) is 0 Å². The smallest absolute Gasteiger partial charge is 0.227 e. The lowest BCUT2D eigenvalue weighted by atomic mass is 10.1. The van der Waals surface area contributed by atoms with Gasteiger partial charge in [0.15, 0.2) is 0 Å². The molecule has 5 heteroatoms. The quantitative estimate of drug-likeness (QED) is 0.784. The van der Waals surface area contributed by atoms with E-state index in [0.29, 0.717) is 26.2 Å². The number of aromatic amines is 1. The average molecular weight is 238 g/mol. The molecule has 2 N–H and O–H groups in total. The molecule has 0 saturated carbocycles. The van der Waals surface area contributed by atoms with Crippen LogP contribution in [0.3, 0.4) is 0 Å². The van der Waals surface area contributed by atoms with Crippen LogP contribution in [0.2, 0.25) is 0 Å². The number of H-pyrrole nitrogens is 1. The molecule has 1 unspecified atom stereocenters. The Bertz CT molecular complexity index is 389. The molecule has 0 aliphatic carbocycles. The Morgan fingerprint density at radius 2 is 2.53 bits per heavy atom. The highest BCUT2D eigenvalue weighted by atomic mass is 16.5. The minimum atomic E-state index is -0.198. The van der Waals surface area contributed by atoms with Gasteiger partial charge in [-0.3, -0.25) is 4.79 Å². The van der Waals surface area contributed by atoms with E-state index in [1.165, 1.54) is 0 Å². The molecular formula is C12H18N2O3. The molecule has 1 saturated heterocycles. The summed E-state index contributed by atoms with van der Waals surface area (Å²) < 4.78 is 5.25. The fourth-order valence-electron chi connectivity index (χ4n) is 2.08. The molecule has 1 aliphatic heterocycles. The standard InChI is InChI=1S/C12H18N2O3/c1-9-4-10(6-13-9)5-12(16)14-2-3-17-8-11(14)7-15/h4,6,11,13,15H,2-3,5,7-8H2,1H3. The van der Waals surface area contributed by atoms with Crippen molar-refractivity contribution in [3.63, 3.8) is 0 Å². The molecule has 0 spiro atoms. The van der Waals surface area contributed by atoms with Crippen LogP contribution in [0.15, 0.2) is 12.3 Å². The van der Waals surface area contributed by atoms with E-state index in [9.17, 15) is 9.90 Å². The average Bonchev–Trinajstić information content (AvgIpc) is 2.74. The van der Waals surface area contributed by atoms with E-state index in [-0.39, 0.29) is 18.6 Å². The maximum absolute atomic E-state index is 12.1. The third-order valence-corrected chi connectivity index (χ3v) is 3.00. The molecular weight excluding hydrogens is 220 g/mol. The van der Waals surface area contributed by atoms with Crippen molar-refractivity contribution in [3.8, 4) is 0 Å². The number of hydrogen-bond acceptors (Lipinski definition) is 3. The summed E-state index contributed by atoms with van der Waals surface area (Å²) in [6, 6.07) is 1.77. The monoisotopic (exact) mass is 238 g/mol. The maximum Gasteiger partial charge on any atom is 0.227 e. The van der Waals surface area contributed by atoms with Crippen molar-refractivity contribution in [3.05, 3.63) is 23.5 Å². The molecule has 2 rings (SSSR count). The molecule has 94 valence electrons. The first-order chi connectivity index (χ1) is 8.20. The van der Waals surface area contributed by atoms with Crippen LogP contribution in [0.25, 0.3) is 0 Å². The van der Waals surface area contributed by atoms with Crippen molar-refractivity contribution in [1.82, 2.24) is 9.88 Å². The van der Waals surface area contributed by atoms with Crippen molar-refractivity contribution in [1.29, 1.82) is 0 Å². The van der Waals surface area contributed by atoms with Crippen molar-refractivity contribution >= 4 is 5.91 Å². The van der Waals surface area contributed by atoms with E-state index in [1.54, 1.807) is 4.90 Å². The number of rotatable bonds is 3. The zero-order valence-electron chi connectivity index (χ0n) is 9.98. The molecule has 2 heterocycles.